The molecule has 0 aliphatic carbocycles. The van der Waals surface area contributed by atoms with E-state index in [1.54, 1.807) is 48.5 Å². The molecule has 0 bridgehead atoms. The van der Waals surface area contributed by atoms with Crippen LogP contribution in [0, 0.1) is 0 Å². The first-order valence-electron chi connectivity index (χ1n) is 13.5. The topological polar surface area (TPSA) is 204 Å². The van der Waals surface area contributed by atoms with Gasteiger partial charge in [0.1, 0.15) is 21.6 Å². The summed E-state index contributed by atoms with van der Waals surface area (Å²) in [5.74, 6) is -0.460. The summed E-state index contributed by atoms with van der Waals surface area (Å²) in [6.45, 7) is 0. The van der Waals surface area contributed by atoms with Crippen LogP contribution < -0.4 is 5.11 Å². The summed E-state index contributed by atoms with van der Waals surface area (Å²) in [4.78, 5) is -0.601. The molecule has 17 heteroatoms. The van der Waals surface area contributed by atoms with Crippen LogP contribution in [0.2, 0.25) is 10.0 Å². The third-order valence-corrected chi connectivity index (χ3v) is 8.82. The average Bonchev–Trinajstić information content (AvgIpc) is 3.04. The van der Waals surface area contributed by atoms with Crippen LogP contribution in [0.1, 0.15) is 0 Å². The van der Waals surface area contributed by atoms with Gasteiger partial charge in [-0.05, 0) is 89.6 Å². The normalized spacial score (nSPS) is 11.8. The summed E-state index contributed by atoms with van der Waals surface area (Å²) in [5, 5.41) is 41.0. The second-order valence-electron chi connectivity index (χ2n) is 9.89. The number of phenolic OH excluding ortho intramolecular Hbond substituents is 1. The van der Waals surface area contributed by atoms with Gasteiger partial charge in [-0.2, -0.15) is 23.8 Å². The first-order chi connectivity index (χ1) is 22.7. The molecular formula is C32H20BaCl2N4O8S2. The molecule has 0 spiro atoms. The first kappa shape index (κ1) is 38.4. The van der Waals surface area contributed by atoms with Crippen LogP contribution in [0.5, 0.6) is 11.5 Å². The van der Waals surface area contributed by atoms with Crippen molar-refractivity contribution in [1.82, 2.24) is 0 Å². The maximum Gasteiger partial charge on any atom is 2.00 e. The Morgan fingerprint density at radius 1 is 0.571 bits per heavy atom. The van der Waals surface area contributed by atoms with Crippen LogP contribution in [0.25, 0.3) is 21.5 Å². The molecule has 6 aromatic rings. The van der Waals surface area contributed by atoms with E-state index in [0.29, 0.717) is 43.0 Å². The number of benzene rings is 6. The molecular weight excluding hydrogens is 841 g/mol. The molecule has 2 N–H and O–H groups in total. The summed E-state index contributed by atoms with van der Waals surface area (Å²) >= 11 is 11.6. The number of azo groups is 2. The third-order valence-electron chi connectivity index (χ3n) is 6.64. The van der Waals surface area contributed by atoms with Crippen LogP contribution in [0.3, 0.4) is 0 Å². The fourth-order valence-corrected chi connectivity index (χ4v) is 5.58. The van der Waals surface area contributed by atoms with Gasteiger partial charge in [0.25, 0.3) is 10.1 Å². The Balaban J connectivity index is 0.000000216. The zero-order valence-corrected chi connectivity index (χ0v) is 32.4. The Hall–Kier alpha value is -3.39. The molecule has 0 aliphatic heterocycles. The van der Waals surface area contributed by atoms with E-state index < -0.39 is 20.2 Å². The van der Waals surface area contributed by atoms with Crippen molar-refractivity contribution >= 4 is 137 Å². The number of phenols is 1. The summed E-state index contributed by atoms with van der Waals surface area (Å²) < 4.78 is 64.8. The maximum atomic E-state index is 12.0. The number of nitrogens with zero attached hydrogens (tertiary/aromatic N) is 4. The maximum absolute atomic E-state index is 12.0. The van der Waals surface area contributed by atoms with Gasteiger partial charge in [0.05, 0.1) is 26.9 Å². The van der Waals surface area contributed by atoms with Gasteiger partial charge in [-0.3, -0.25) is 4.55 Å². The number of rotatable bonds is 6. The Kier molecular flexibility index (Phi) is 12.6. The van der Waals surface area contributed by atoms with Crippen molar-refractivity contribution < 1.29 is 36.2 Å². The van der Waals surface area contributed by atoms with Gasteiger partial charge in [-0.1, -0.05) is 59.3 Å². The molecule has 0 radical (unpaired) electrons. The standard InChI is InChI=1S/2C16H11ClN2O4S.Ba/c2*17-11-2-4-12(5-3-11)18-19-16-14-7-6-13(24(21,22)23)9-10(14)1-8-15(16)20;/h2*1-9,20H,(H,21,22,23);/q;;+2/p-2. The summed E-state index contributed by atoms with van der Waals surface area (Å²) in [7, 11) is -8.88. The van der Waals surface area contributed by atoms with E-state index in [-0.39, 0.29) is 81.5 Å². The molecule has 0 heterocycles. The van der Waals surface area contributed by atoms with Crippen LogP contribution in [-0.4, -0.2) is 79.9 Å². The van der Waals surface area contributed by atoms with Crippen molar-refractivity contribution in [3.63, 3.8) is 0 Å². The van der Waals surface area contributed by atoms with Gasteiger partial charge >= 0.3 is 48.9 Å². The molecule has 0 atom stereocenters. The Morgan fingerprint density at radius 3 is 1.53 bits per heavy atom. The minimum Gasteiger partial charge on any atom is -0.871 e. The van der Waals surface area contributed by atoms with Gasteiger partial charge in [0.15, 0.2) is 0 Å². The van der Waals surface area contributed by atoms with Crippen LogP contribution in [-0.2, 0) is 20.2 Å². The molecule has 6 aromatic carbocycles. The molecule has 244 valence electrons. The van der Waals surface area contributed by atoms with Crippen molar-refractivity contribution in [2.75, 3.05) is 0 Å². The number of hydrogen-bond acceptors (Lipinski definition) is 11. The van der Waals surface area contributed by atoms with Gasteiger partial charge in [-0.15, -0.1) is 5.11 Å². The number of halogens is 2. The molecule has 0 fully saturated rings. The molecule has 12 nitrogen and oxygen atoms in total. The van der Waals surface area contributed by atoms with Crippen molar-refractivity contribution in [1.29, 1.82) is 0 Å². The second-order valence-corrected chi connectivity index (χ2v) is 13.6. The molecule has 0 amide bonds. The summed E-state index contributed by atoms with van der Waals surface area (Å²) in [5.41, 5.74) is 1.32. The van der Waals surface area contributed by atoms with Crippen molar-refractivity contribution in [3.05, 3.63) is 119 Å². The van der Waals surface area contributed by atoms with E-state index in [1.165, 1.54) is 54.6 Å². The third kappa shape index (κ3) is 9.87. The van der Waals surface area contributed by atoms with Crippen LogP contribution in [0.15, 0.2) is 139 Å². The van der Waals surface area contributed by atoms with Crippen molar-refractivity contribution in [2.24, 2.45) is 20.5 Å². The molecule has 0 saturated carbocycles. The van der Waals surface area contributed by atoms with E-state index in [4.69, 9.17) is 27.8 Å². The number of hydrogen-bond donors (Lipinski definition) is 2. The van der Waals surface area contributed by atoms with E-state index in [2.05, 4.69) is 20.5 Å². The van der Waals surface area contributed by atoms with E-state index in [1.807, 2.05) is 0 Å². The fraction of sp³-hybridized carbons (Fsp3) is 0. The zero-order valence-electron chi connectivity index (χ0n) is 24.8. The predicted molar refractivity (Wildman–Crippen MR) is 184 cm³/mol. The SMILES string of the molecule is O=S(=O)(O)c1ccc2c(N=Nc3ccc(Cl)cc3)c(O)ccc2c1.O=S(=O)([O-])c1ccc2c(N=Nc3ccc(Cl)cc3)c([O-])ccc2c1.[Ba+2]. The Bertz CT molecular complexity index is 2280. The fourth-order valence-electron chi connectivity index (χ4n) is 4.31. The smallest absolute Gasteiger partial charge is 0.871 e. The quantitative estimate of drug-likeness (QED) is 0.0944. The van der Waals surface area contributed by atoms with Gasteiger partial charge in [-0.25, -0.2) is 8.42 Å². The first-order valence-corrected chi connectivity index (χ1v) is 17.1. The van der Waals surface area contributed by atoms with Crippen molar-refractivity contribution in [2.45, 2.75) is 9.79 Å². The monoisotopic (exact) mass is 860 g/mol. The largest absolute Gasteiger partial charge is 2.00 e. The van der Waals surface area contributed by atoms with Gasteiger partial charge < -0.3 is 14.8 Å². The molecule has 0 aliphatic rings. The summed E-state index contributed by atoms with van der Waals surface area (Å²) in [6, 6.07) is 26.5. The number of fused-ring (bicyclic) bond motifs is 2. The average molecular weight is 861 g/mol. The molecule has 0 unspecified atom stereocenters. The van der Waals surface area contributed by atoms with Gasteiger partial charge in [0, 0.05) is 20.8 Å². The van der Waals surface area contributed by atoms with E-state index in [0.717, 1.165) is 6.07 Å². The van der Waals surface area contributed by atoms with E-state index in [9.17, 15) is 31.6 Å². The molecule has 0 aromatic heterocycles. The predicted octanol–water partition coefficient (Wildman–Crippen LogP) is 8.37. The minimum atomic E-state index is -4.57. The van der Waals surface area contributed by atoms with Gasteiger partial charge in [0.2, 0.25) is 0 Å². The van der Waals surface area contributed by atoms with E-state index >= 15 is 0 Å². The minimum absolute atomic E-state index is 0. The molecule has 49 heavy (non-hydrogen) atoms. The second kappa shape index (κ2) is 16.1. The zero-order chi connectivity index (χ0) is 34.6. The molecule has 6 rings (SSSR count). The van der Waals surface area contributed by atoms with Crippen molar-refractivity contribution in [3.8, 4) is 11.5 Å². The van der Waals surface area contributed by atoms with Crippen LogP contribution >= 0.6 is 23.2 Å². The molecule has 0 saturated heterocycles. The summed E-state index contributed by atoms with van der Waals surface area (Å²) in [6.07, 6.45) is 0. The Labute approximate surface area is 330 Å². The van der Waals surface area contributed by atoms with Crippen LogP contribution in [0.4, 0.5) is 22.7 Å². The number of aromatic hydroxyl groups is 1. The Morgan fingerprint density at radius 2 is 1.02 bits per heavy atom.